The number of fused-ring (bicyclic) bond motifs is 3. The van der Waals surface area contributed by atoms with E-state index in [0.29, 0.717) is 29.8 Å². The van der Waals surface area contributed by atoms with Crippen LogP contribution in [0.1, 0.15) is 40.7 Å². The number of phenols is 1. The van der Waals surface area contributed by atoms with Gasteiger partial charge >= 0.3 is 0 Å². The van der Waals surface area contributed by atoms with E-state index in [1.165, 1.54) is 0 Å². The summed E-state index contributed by atoms with van der Waals surface area (Å²) in [5, 5.41) is 33.7. The zero-order valence-corrected chi connectivity index (χ0v) is 23.6. The van der Waals surface area contributed by atoms with E-state index in [-0.39, 0.29) is 42.7 Å². The molecule has 0 bridgehead atoms. The Hall–Kier alpha value is -3.51. The van der Waals surface area contributed by atoms with Gasteiger partial charge in [0.05, 0.1) is 24.1 Å². The molecular weight excluding hydrogens is 538 g/mol. The van der Waals surface area contributed by atoms with E-state index in [1.54, 1.807) is 49.0 Å². The van der Waals surface area contributed by atoms with Crippen LogP contribution < -0.4 is 10.6 Å². The quantitative estimate of drug-likeness (QED) is 0.389. The molecule has 1 fully saturated rings. The topological polar surface area (TPSA) is 148 Å². The first-order valence-electron chi connectivity index (χ1n) is 13.7. The number of aliphatic hydroxyl groups is 2. The lowest BCUT2D eigenvalue weighted by atomic mass is 9.60. The molecule has 222 valence electrons. The van der Waals surface area contributed by atoms with Crippen molar-refractivity contribution in [2.45, 2.75) is 44.2 Å². The van der Waals surface area contributed by atoms with Gasteiger partial charge in [-0.2, -0.15) is 0 Å². The number of nitrogens with zero attached hydrogens (tertiary/aromatic N) is 3. The Morgan fingerprint density at radius 2 is 1.83 bits per heavy atom. The van der Waals surface area contributed by atoms with Crippen LogP contribution in [-0.4, -0.2) is 95.8 Å². The Kier molecular flexibility index (Phi) is 7.14. The van der Waals surface area contributed by atoms with Crippen molar-refractivity contribution in [2.75, 3.05) is 46.2 Å². The number of benzene rings is 1. The van der Waals surface area contributed by atoms with E-state index in [9.17, 15) is 38.5 Å². The summed E-state index contributed by atoms with van der Waals surface area (Å²) in [5.74, 6) is -9.17. The second-order valence-electron chi connectivity index (χ2n) is 12.1. The average Bonchev–Trinajstić information content (AvgIpc) is 2.84. The van der Waals surface area contributed by atoms with Crippen molar-refractivity contribution in [1.29, 1.82) is 0 Å². The number of nitrogens with two attached hydrogens (primary N) is 1. The summed E-state index contributed by atoms with van der Waals surface area (Å²) in [5.41, 5.74) is 6.31. The number of allylic oxidation sites excluding steroid dienone is 2. The van der Waals surface area contributed by atoms with Crippen LogP contribution in [0.5, 0.6) is 5.75 Å². The number of likely N-dealkylation sites (N-methyl/N-ethyl adjacent to an activating group) is 1. The first-order chi connectivity index (χ1) is 19.1. The number of hydrogen-bond donors (Lipinski definition) is 4. The zero-order chi connectivity index (χ0) is 30.1. The third-order valence-electron chi connectivity index (χ3n) is 8.97. The van der Waals surface area contributed by atoms with Crippen LogP contribution in [0.15, 0.2) is 28.7 Å². The van der Waals surface area contributed by atoms with Crippen LogP contribution in [0.4, 0.5) is 14.5 Å². The zero-order valence-electron chi connectivity index (χ0n) is 23.6. The highest BCUT2D eigenvalue weighted by Crippen LogP contribution is 2.52. The number of hydrogen-bond acceptors (Lipinski definition) is 9. The van der Waals surface area contributed by atoms with Gasteiger partial charge in [-0.15, -0.1) is 0 Å². The molecule has 4 atom stereocenters. The van der Waals surface area contributed by atoms with Gasteiger partial charge in [-0.3, -0.25) is 24.2 Å². The molecule has 0 aromatic heterocycles. The smallest absolute Gasteiger partial charge is 0.260 e. The van der Waals surface area contributed by atoms with E-state index >= 15 is 0 Å². The third kappa shape index (κ3) is 4.66. The lowest BCUT2D eigenvalue weighted by molar-refractivity contribution is -0.127. The van der Waals surface area contributed by atoms with Gasteiger partial charge in [-0.05, 0) is 63.4 Å². The minimum Gasteiger partial charge on any atom is -0.511 e. The monoisotopic (exact) mass is 574 g/mol. The van der Waals surface area contributed by atoms with Crippen molar-refractivity contribution in [1.82, 2.24) is 9.80 Å². The van der Waals surface area contributed by atoms with Gasteiger partial charge in [-0.25, -0.2) is 8.78 Å². The number of phenolic OH excluding ortho intramolecular Hbond substituents is 1. The lowest BCUT2D eigenvalue weighted by Gasteiger charge is -2.46. The van der Waals surface area contributed by atoms with Gasteiger partial charge in [-0.1, -0.05) is 0 Å². The molecule has 1 aromatic rings. The molecule has 1 amide bonds. The molecule has 1 aromatic carbocycles. The van der Waals surface area contributed by atoms with Crippen LogP contribution >= 0.6 is 0 Å². The number of alkyl halides is 2. The fourth-order valence-electron chi connectivity index (χ4n) is 7.31. The van der Waals surface area contributed by atoms with Crippen LogP contribution in [0.25, 0.3) is 0 Å². The predicted molar refractivity (Wildman–Crippen MR) is 146 cm³/mol. The number of piperidine rings is 1. The van der Waals surface area contributed by atoms with Gasteiger partial charge < -0.3 is 26.0 Å². The van der Waals surface area contributed by atoms with E-state index in [0.717, 1.165) is 0 Å². The molecule has 0 spiro atoms. The number of aliphatic hydroxyl groups excluding tert-OH is 2. The summed E-state index contributed by atoms with van der Waals surface area (Å²) >= 11 is 0. The number of carbonyl (C=O) groups excluding carboxylic acids is 3. The largest absolute Gasteiger partial charge is 0.511 e. The van der Waals surface area contributed by atoms with Crippen LogP contribution in [0.3, 0.4) is 0 Å². The summed E-state index contributed by atoms with van der Waals surface area (Å²) < 4.78 is 28.2. The number of anilines is 1. The van der Waals surface area contributed by atoms with Crippen molar-refractivity contribution < 1.29 is 38.5 Å². The van der Waals surface area contributed by atoms with E-state index in [2.05, 4.69) is 0 Å². The van der Waals surface area contributed by atoms with Gasteiger partial charge in [0.15, 0.2) is 11.6 Å². The summed E-state index contributed by atoms with van der Waals surface area (Å²) in [7, 11) is 6.91. The molecule has 1 saturated heterocycles. The number of carbonyl (C=O) groups is 3. The minimum absolute atomic E-state index is 0.0109. The van der Waals surface area contributed by atoms with Crippen LogP contribution in [-0.2, 0) is 22.6 Å². The number of likely N-dealkylation sites (tertiary alicyclic amines) is 1. The molecule has 0 saturated carbocycles. The van der Waals surface area contributed by atoms with Crippen molar-refractivity contribution in [3.8, 4) is 5.75 Å². The minimum atomic E-state index is -2.84. The second-order valence-corrected chi connectivity index (χ2v) is 12.1. The lowest BCUT2D eigenvalue weighted by Crippen LogP contribution is -2.53. The first-order valence-corrected chi connectivity index (χ1v) is 13.7. The molecule has 41 heavy (non-hydrogen) atoms. The summed E-state index contributed by atoms with van der Waals surface area (Å²) in [6, 6.07) is 0.918. The number of primary amides is 1. The number of rotatable bonds is 5. The van der Waals surface area contributed by atoms with E-state index in [4.69, 9.17) is 5.73 Å². The molecule has 0 radical (unpaired) electrons. The van der Waals surface area contributed by atoms with Crippen molar-refractivity contribution in [3.63, 3.8) is 0 Å². The standard InChI is InChI=1S/C29H36F2N4O6/c1-33(2)17-10-14(11-35-7-5-6-29(30,31)12-35)23(36)19-15(17)8-13-9-16-20(25(38)18(13)24(19)37)26(39)21(28(32)41)27(40)22(16)34(3)4/h10,13,16,20,22,36,38,40H,5-9,11-12H2,1-4H3,(H2,32,41)/t13?,16?,20?,22-/m0/s1. The fourth-order valence-corrected chi connectivity index (χ4v) is 7.31. The SMILES string of the molecule is CN(C)c1cc(CN2CCCC(F)(F)C2)c(O)c2c1CC1CC3C(C(=O)C(C(N)=O)=C(O)[C@H]3N(C)C)C(O)=C1C2=O. The Labute approximate surface area is 236 Å². The number of aromatic hydroxyl groups is 1. The molecule has 5 N–H and O–H groups in total. The second kappa shape index (κ2) is 10.1. The average molecular weight is 575 g/mol. The maximum Gasteiger partial charge on any atom is 0.260 e. The molecular formula is C29H36F2N4O6. The fraction of sp³-hybridized carbons (Fsp3) is 0.552. The Morgan fingerprint density at radius 3 is 2.41 bits per heavy atom. The maximum atomic E-state index is 14.1. The molecule has 1 aliphatic heterocycles. The normalized spacial score (nSPS) is 28.0. The number of halogens is 2. The number of ketones is 2. The van der Waals surface area contributed by atoms with Gasteiger partial charge in [0, 0.05) is 43.9 Å². The summed E-state index contributed by atoms with van der Waals surface area (Å²) in [6.07, 6.45) is 0.616. The first kappa shape index (κ1) is 29.0. The highest BCUT2D eigenvalue weighted by molar-refractivity contribution is 6.22. The Bertz CT molecular complexity index is 1400. The van der Waals surface area contributed by atoms with Crippen molar-refractivity contribution in [3.05, 3.63) is 45.4 Å². The predicted octanol–water partition coefficient (Wildman–Crippen LogP) is 2.30. The summed E-state index contributed by atoms with van der Waals surface area (Å²) in [6.45, 7) is -0.0211. The number of Topliss-reactive ketones (excluding diaryl/α,β-unsaturated/α-hetero) is 2. The molecule has 3 unspecified atom stereocenters. The molecule has 10 nitrogen and oxygen atoms in total. The maximum absolute atomic E-state index is 14.1. The molecule has 3 aliphatic carbocycles. The number of amides is 1. The summed E-state index contributed by atoms with van der Waals surface area (Å²) in [4.78, 5) is 44.6. The van der Waals surface area contributed by atoms with Gasteiger partial charge in [0.25, 0.3) is 11.8 Å². The van der Waals surface area contributed by atoms with Crippen molar-refractivity contribution in [2.24, 2.45) is 23.5 Å². The Morgan fingerprint density at radius 1 is 1.15 bits per heavy atom. The van der Waals surface area contributed by atoms with Gasteiger partial charge in [0.2, 0.25) is 0 Å². The molecule has 5 rings (SSSR count). The molecule has 1 heterocycles. The molecule has 12 heteroatoms. The van der Waals surface area contributed by atoms with E-state index < -0.39 is 70.8 Å². The Balaban J connectivity index is 1.62. The van der Waals surface area contributed by atoms with Crippen LogP contribution in [0, 0.1) is 17.8 Å². The van der Waals surface area contributed by atoms with Crippen LogP contribution in [0.2, 0.25) is 0 Å². The highest BCUT2D eigenvalue weighted by atomic mass is 19.3. The highest BCUT2D eigenvalue weighted by Gasteiger charge is 2.54. The van der Waals surface area contributed by atoms with E-state index in [1.807, 2.05) is 0 Å². The molecule has 4 aliphatic rings. The van der Waals surface area contributed by atoms with Gasteiger partial charge in [0.1, 0.15) is 22.8 Å². The third-order valence-corrected chi connectivity index (χ3v) is 8.97. The van der Waals surface area contributed by atoms with Crippen molar-refractivity contribution >= 4 is 23.2 Å².